The third kappa shape index (κ3) is 3.46. The summed E-state index contributed by atoms with van der Waals surface area (Å²) in [6, 6.07) is 2.14. The van der Waals surface area contributed by atoms with Gasteiger partial charge in [-0.05, 0) is 46.3 Å². The van der Waals surface area contributed by atoms with Crippen LogP contribution in [0.15, 0.2) is 9.85 Å². The van der Waals surface area contributed by atoms with Crippen molar-refractivity contribution in [3.05, 3.63) is 20.3 Å². The van der Waals surface area contributed by atoms with E-state index in [-0.39, 0.29) is 0 Å². The Morgan fingerprint density at radius 3 is 3.00 bits per heavy atom. The van der Waals surface area contributed by atoms with Gasteiger partial charge in [-0.3, -0.25) is 0 Å². The van der Waals surface area contributed by atoms with Crippen molar-refractivity contribution in [2.45, 2.75) is 25.4 Å². The molecule has 1 aromatic rings. The highest BCUT2D eigenvalue weighted by Gasteiger charge is 2.21. The molecule has 1 N–H and O–H groups in total. The summed E-state index contributed by atoms with van der Waals surface area (Å²) in [6.45, 7) is 1.96. The first-order valence-electron chi connectivity index (χ1n) is 5.91. The zero-order chi connectivity index (χ0) is 13.0. The molecule has 0 saturated carbocycles. The monoisotopic (exact) mass is 333 g/mol. The van der Waals surface area contributed by atoms with E-state index in [2.05, 4.69) is 27.3 Å². The Kier molecular flexibility index (Phi) is 5.03. The number of carbonyl (C=O) groups excluding carboxylic acids is 1. The van der Waals surface area contributed by atoms with Gasteiger partial charge in [0.05, 0.1) is 3.79 Å². The van der Waals surface area contributed by atoms with Crippen molar-refractivity contribution in [1.82, 2.24) is 5.32 Å². The SMILES string of the molecule is CNC(=O)OCc1sc(Br)cc1C1CCOCC1. The van der Waals surface area contributed by atoms with Crippen LogP contribution in [0.4, 0.5) is 4.79 Å². The fourth-order valence-corrected chi connectivity index (χ4v) is 3.79. The summed E-state index contributed by atoms with van der Waals surface area (Å²) in [5, 5.41) is 2.45. The highest BCUT2D eigenvalue weighted by Crippen LogP contribution is 2.37. The maximum atomic E-state index is 11.1. The van der Waals surface area contributed by atoms with Crippen LogP contribution in [0.3, 0.4) is 0 Å². The van der Waals surface area contributed by atoms with Gasteiger partial charge in [0, 0.05) is 25.1 Å². The Hall–Kier alpha value is -0.590. The highest BCUT2D eigenvalue weighted by molar-refractivity contribution is 9.11. The minimum atomic E-state index is -0.391. The van der Waals surface area contributed by atoms with Crippen molar-refractivity contribution in [3.63, 3.8) is 0 Å². The lowest BCUT2D eigenvalue weighted by atomic mass is 9.92. The van der Waals surface area contributed by atoms with Crippen LogP contribution in [0.5, 0.6) is 0 Å². The van der Waals surface area contributed by atoms with Crippen molar-refractivity contribution < 1.29 is 14.3 Å². The van der Waals surface area contributed by atoms with Gasteiger partial charge in [0.15, 0.2) is 0 Å². The third-order valence-electron chi connectivity index (χ3n) is 3.01. The Morgan fingerprint density at radius 1 is 1.61 bits per heavy atom. The van der Waals surface area contributed by atoms with E-state index in [9.17, 15) is 4.79 Å². The van der Waals surface area contributed by atoms with Crippen molar-refractivity contribution in [2.75, 3.05) is 20.3 Å². The van der Waals surface area contributed by atoms with Gasteiger partial charge in [-0.15, -0.1) is 11.3 Å². The number of amides is 1. The summed E-state index contributed by atoms with van der Waals surface area (Å²) in [4.78, 5) is 12.2. The maximum absolute atomic E-state index is 11.1. The van der Waals surface area contributed by atoms with E-state index in [1.54, 1.807) is 18.4 Å². The first kappa shape index (κ1) is 13.8. The predicted octanol–water partition coefficient (Wildman–Crippen LogP) is 3.26. The summed E-state index contributed by atoms with van der Waals surface area (Å²) in [6.07, 6.45) is 1.68. The van der Waals surface area contributed by atoms with Gasteiger partial charge in [0.2, 0.25) is 0 Å². The maximum Gasteiger partial charge on any atom is 0.407 e. The molecule has 0 bridgehead atoms. The third-order valence-corrected chi connectivity index (χ3v) is 4.64. The number of alkyl carbamates (subject to hydrolysis) is 1. The Bertz CT molecular complexity index is 415. The molecule has 1 saturated heterocycles. The number of halogens is 1. The minimum Gasteiger partial charge on any atom is -0.444 e. The Balaban J connectivity index is 2.06. The van der Waals surface area contributed by atoms with Crippen molar-refractivity contribution >= 4 is 33.4 Å². The van der Waals surface area contributed by atoms with E-state index in [4.69, 9.17) is 9.47 Å². The number of carbonyl (C=O) groups is 1. The van der Waals surface area contributed by atoms with Crippen LogP contribution >= 0.6 is 27.3 Å². The summed E-state index contributed by atoms with van der Waals surface area (Å²) in [5.74, 6) is 0.518. The summed E-state index contributed by atoms with van der Waals surface area (Å²) in [5.41, 5.74) is 1.29. The first-order valence-corrected chi connectivity index (χ1v) is 7.52. The van der Waals surface area contributed by atoms with Gasteiger partial charge in [0.25, 0.3) is 0 Å². The Labute approximate surface area is 119 Å². The zero-order valence-corrected chi connectivity index (χ0v) is 12.6. The molecular weight excluding hydrogens is 318 g/mol. The molecule has 0 aliphatic carbocycles. The molecule has 0 spiro atoms. The number of hydrogen-bond donors (Lipinski definition) is 1. The number of ether oxygens (including phenoxy) is 2. The quantitative estimate of drug-likeness (QED) is 0.923. The molecule has 2 rings (SSSR count). The van der Waals surface area contributed by atoms with E-state index >= 15 is 0 Å². The molecule has 4 nitrogen and oxygen atoms in total. The van der Waals surface area contributed by atoms with Crippen LogP contribution in [-0.2, 0) is 16.1 Å². The number of thiophene rings is 1. The average Bonchev–Trinajstić information content (AvgIpc) is 2.78. The number of rotatable bonds is 3. The predicted molar refractivity (Wildman–Crippen MR) is 74.1 cm³/mol. The van der Waals surface area contributed by atoms with Gasteiger partial charge in [-0.1, -0.05) is 0 Å². The molecule has 1 amide bonds. The molecule has 1 aliphatic rings. The van der Waals surface area contributed by atoms with Crippen LogP contribution in [0.2, 0.25) is 0 Å². The molecule has 18 heavy (non-hydrogen) atoms. The van der Waals surface area contributed by atoms with Crippen LogP contribution in [0.25, 0.3) is 0 Å². The Morgan fingerprint density at radius 2 is 2.33 bits per heavy atom. The van der Waals surface area contributed by atoms with Crippen LogP contribution < -0.4 is 5.32 Å². The van der Waals surface area contributed by atoms with E-state index in [0.29, 0.717) is 12.5 Å². The van der Waals surface area contributed by atoms with Crippen molar-refractivity contribution in [3.8, 4) is 0 Å². The zero-order valence-electron chi connectivity index (χ0n) is 10.2. The largest absolute Gasteiger partial charge is 0.444 e. The summed E-state index contributed by atoms with van der Waals surface area (Å²) >= 11 is 5.14. The molecule has 1 aromatic heterocycles. The summed E-state index contributed by atoms with van der Waals surface area (Å²) < 4.78 is 11.6. The summed E-state index contributed by atoms with van der Waals surface area (Å²) in [7, 11) is 1.56. The lowest BCUT2D eigenvalue weighted by Crippen LogP contribution is -2.19. The first-order chi connectivity index (χ1) is 8.70. The fraction of sp³-hybridized carbons (Fsp3) is 0.583. The molecule has 0 atom stereocenters. The fourth-order valence-electron chi connectivity index (χ4n) is 2.08. The number of nitrogens with one attached hydrogen (secondary N) is 1. The van der Waals surface area contributed by atoms with Gasteiger partial charge < -0.3 is 14.8 Å². The lowest BCUT2D eigenvalue weighted by Gasteiger charge is -2.22. The second-order valence-corrected chi connectivity index (χ2v) is 6.66. The molecule has 1 aliphatic heterocycles. The van der Waals surface area contributed by atoms with E-state index in [1.165, 1.54) is 5.56 Å². The van der Waals surface area contributed by atoms with E-state index in [1.807, 2.05) is 0 Å². The van der Waals surface area contributed by atoms with Crippen LogP contribution in [-0.4, -0.2) is 26.4 Å². The second-order valence-electron chi connectivity index (χ2n) is 4.14. The van der Waals surface area contributed by atoms with E-state index in [0.717, 1.165) is 34.7 Å². The average molecular weight is 334 g/mol. The number of hydrogen-bond acceptors (Lipinski definition) is 4. The van der Waals surface area contributed by atoms with Crippen molar-refractivity contribution in [2.24, 2.45) is 0 Å². The minimum absolute atomic E-state index is 0.336. The normalized spacial score (nSPS) is 16.6. The standard InChI is InChI=1S/C12H16BrNO3S/c1-14-12(15)17-7-10-9(6-11(13)18-10)8-2-4-16-5-3-8/h6,8H,2-5,7H2,1H3,(H,14,15). The molecule has 2 heterocycles. The van der Waals surface area contributed by atoms with Gasteiger partial charge in [-0.25, -0.2) is 4.79 Å². The molecule has 0 unspecified atom stereocenters. The highest BCUT2D eigenvalue weighted by atomic mass is 79.9. The van der Waals surface area contributed by atoms with Crippen LogP contribution in [0, 0.1) is 0 Å². The van der Waals surface area contributed by atoms with Gasteiger partial charge in [0.1, 0.15) is 6.61 Å². The molecule has 100 valence electrons. The van der Waals surface area contributed by atoms with Gasteiger partial charge >= 0.3 is 6.09 Å². The smallest absolute Gasteiger partial charge is 0.407 e. The topological polar surface area (TPSA) is 47.6 Å². The van der Waals surface area contributed by atoms with E-state index < -0.39 is 6.09 Å². The molecule has 0 aromatic carbocycles. The second kappa shape index (κ2) is 6.54. The molecule has 1 fully saturated rings. The lowest BCUT2D eigenvalue weighted by molar-refractivity contribution is 0.0847. The molecular formula is C12H16BrNO3S. The van der Waals surface area contributed by atoms with Crippen LogP contribution in [0.1, 0.15) is 29.2 Å². The molecule has 0 radical (unpaired) electrons. The van der Waals surface area contributed by atoms with Gasteiger partial charge in [-0.2, -0.15) is 0 Å². The molecule has 6 heteroatoms. The van der Waals surface area contributed by atoms with Crippen molar-refractivity contribution in [1.29, 1.82) is 0 Å².